The average molecular weight is 612 g/mol. The highest BCUT2D eigenvalue weighted by atomic mass is 19.1. The van der Waals surface area contributed by atoms with Crippen LogP contribution in [0.2, 0.25) is 0 Å². The Morgan fingerprint density at radius 3 is 2.42 bits per heavy atom. The van der Waals surface area contributed by atoms with Gasteiger partial charge in [0.1, 0.15) is 17.3 Å². The van der Waals surface area contributed by atoms with E-state index in [1.54, 1.807) is 68.3 Å². The van der Waals surface area contributed by atoms with Crippen molar-refractivity contribution < 1.29 is 14.0 Å². The molecule has 3 amide bonds. The number of anilines is 4. The summed E-state index contributed by atoms with van der Waals surface area (Å²) in [6.45, 7) is 9.07. The molecule has 2 aromatic carbocycles. The van der Waals surface area contributed by atoms with E-state index in [2.05, 4.69) is 31.2 Å². The number of urea groups is 1. The maximum absolute atomic E-state index is 15.2. The third-order valence-electron chi connectivity index (χ3n) is 7.16. The number of halogens is 1. The number of carbonyl (C=O) groups excluding carboxylic acids is 2. The molecule has 0 unspecified atom stereocenters. The highest BCUT2D eigenvalue weighted by Crippen LogP contribution is 2.30. The van der Waals surface area contributed by atoms with Crippen molar-refractivity contribution in [1.29, 1.82) is 0 Å². The van der Waals surface area contributed by atoms with Crippen molar-refractivity contribution in [3.8, 4) is 16.8 Å². The Morgan fingerprint density at radius 2 is 1.73 bits per heavy atom. The van der Waals surface area contributed by atoms with Gasteiger partial charge in [-0.2, -0.15) is 10.1 Å². The monoisotopic (exact) mass is 611 g/mol. The molecule has 0 aliphatic carbocycles. The molecule has 0 fully saturated rings. The van der Waals surface area contributed by atoms with E-state index in [9.17, 15) is 14.4 Å². The Labute approximate surface area is 258 Å². The molecule has 0 aliphatic heterocycles. The molecule has 0 bridgehead atoms. The fourth-order valence-electron chi connectivity index (χ4n) is 4.84. The normalized spacial score (nSPS) is 11.4. The molecule has 232 valence electrons. The lowest BCUT2D eigenvalue weighted by atomic mass is 9.92. The fourth-order valence-corrected chi connectivity index (χ4v) is 4.84. The molecule has 3 heterocycles. The lowest BCUT2D eigenvalue weighted by molar-refractivity contribution is -0.114. The molecular formula is C32H34FN9O3. The van der Waals surface area contributed by atoms with Crippen LogP contribution < -0.4 is 26.8 Å². The van der Waals surface area contributed by atoms with Crippen LogP contribution in [0.15, 0.2) is 59.5 Å². The highest BCUT2D eigenvalue weighted by Gasteiger charge is 2.23. The third-order valence-corrected chi connectivity index (χ3v) is 7.16. The van der Waals surface area contributed by atoms with E-state index in [1.165, 1.54) is 23.6 Å². The van der Waals surface area contributed by atoms with Gasteiger partial charge in [0.05, 0.1) is 17.1 Å². The summed E-state index contributed by atoms with van der Waals surface area (Å²) in [7, 11) is 3.29. The summed E-state index contributed by atoms with van der Waals surface area (Å²) in [5, 5.41) is 16.3. The van der Waals surface area contributed by atoms with E-state index in [0.29, 0.717) is 56.6 Å². The first-order valence-electron chi connectivity index (χ1n) is 14.2. The number of fused-ring (bicyclic) bond motifs is 1. The van der Waals surface area contributed by atoms with Crippen molar-refractivity contribution in [3.05, 3.63) is 82.2 Å². The van der Waals surface area contributed by atoms with Gasteiger partial charge in [-0.05, 0) is 54.4 Å². The van der Waals surface area contributed by atoms with E-state index < -0.39 is 11.8 Å². The lowest BCUT2D eigenvalue weighted by Crippen LogP contribution is -2.23. The van der Waals surface area contributed by atoms with Crippen LogP contribution in [-0.4, -0.2) is 43.3 Å². The van der Waals surface area contributed by atoms with Gasteiger partial charge >= 0.3 is 6.03 Å². The van der Waals surface area contributed by atoms with Crippen molar-refractivity contribution in [2.45, 2.75) is 40.0 Å². The van der Waals surface area contributed by atoms with Gasteiger partial charge in [-0.25, -0.2) is 18.9 Å². The zero-order valence-electron chi connectivity index (χ0n) is 26.0. The second kappa shape index (κ2) is 11.8. The van der Waals surface area contributed by atoms with E-state index >= 15 is 4.39 Å². The van der Waals surface area contributed by atoms with Crippen LogP contribution in [-0.2, 0) is 17.3 Å². The van der Waals surface area contributed by atoms with Gasteiger partial charge in [-0.3, -0.25) is 19.5 Å². The van der Waals surface area contributed by atoms with Gasteiger partial charge in [-0.15, -0.1) is 0 Å². The molecule has 0 atom stereocenters. The van der Waals surface area contributed by atoms with Gasteiger partial charge in [0.15, 0.2) is 0 Å². The Kier molecular flexibility index (Phi) is 8.11. The number of amides is 3. The van der Waals surface area contributed by atoms with E-state index in [4.69, 9.17) is 5.10 Å². The van der Waals surface area contributed by atoms with Crippen molar-refractivity contribution in [3.63, 3.8) is 0 Å². The third kappa shape index (κ3) is 6.37. The molecule has 0 spiro atoms. The van der Waals surface area contributed by atoms with Crippen molar-refractivity contribution >= 4 is 46.1 Å². The lowest BCUT2D eigenvalue weighted by Gasteiger charge is -2.15. The summed E-state index contributed by atoms with van der Waals surface area (Å²) in [6, 6.07) is 12.4. The first-order chi connectivity index (χ1) is 21.2. The van der Waals surface area contributed by atoms with E-state index in [1.807, 2.05) is 20.8 Å². The smallest absolute Gasteiger partial charge is 0.324 e. The fraction of sp³-hybridized carbons (Fsp3) is 0.250. The van der Waals surface area contributed by atoms with Gasteiger partial charge in [0, 0.05) is 55.3 Å². The Morgan fingerprint density at radius 1 is 0.978 bits per heavy atom. The predicted molar refractivity (Wildman–Crippen MR) is 174 cm³/mol. The van der Waals surface area contributed by atoms with Crippen LogP contribution in [0.3, 0.4) is 0 Å². The van der Waals surface area contributed by atoms with Crippen LogP contribution in [0, 0.1) is 12.7 Å². The Balaban J connectivity index is 1.49. The molecule has 0 saturated carbocycles. The maximum Gasteiger partial charge on any atom is 0.324 e. The number of aryl methyl sites for hydroxylation is 2. The van der Waals surface area contributed by atoms with E-state index in [0.717, 1.165) is 0 Å². The summed E-state index contributed by atoms with van der Waals surface area (Å²) >= 11 is 0. The summed E-state index contributed by atoms with van der Waals surface area (Å²) in [4.78, 5) is 46.9. The quantitative estimate of drug-likeness (QED) is 0.196. The minimum atomic E-state index is -0.720. The summed E-state index contributed by atoms with van der Waals surface area (Å²) < 4.78 is 18.2. The number of benzene rings is 2. The SMILES string of the molecule is CNc1ncc2cc(-c3cc(NC(=O)Nc4cc(C(C)(C)C)nn4-c4cccc(NC(C)=O)c4)c(F)cc3C)c(=O)n(C)c2n1. The van der Waals surface area contributed by atoms with E-state index in [-0.39, 0.29) is 22.6 Å². The number of hydrogen-bond donors (Lipinski definition) is 4. The van der Waals surface area contributed by atoms with Crippen LogP contribution in [0.5, 0.6) is 0 Å². The molecule has 5 aromatic rings. The molecule has 45 heavy (non-hydrogen) atoms. The summed E-state index contributed by atoms with van der Waals surface area (Å²) in [6.07, 6.45) is 1.60. The molecule has 12 nitrogen and oxygen atoms in total. The minimum Gasteiger partial charge on any atom is -0.357 e. The first-order valence-corrected chi connectivity index (χ1v) is 14.2. The largest absolute Gasteiger partial charge is 0.357 e. The number of carbonyl (C=O) groups is 2. The van der Waals surface area contributed by atoms with Crippen LogP contribution in [0.1, 0.15) is 39.0 Å². The topological polar surface area (TPSA) is 148 Å². The summed E-state index contributed by atoms with van der Waals surface area (Å²) in [5.41, 5.74) is 2.74. The van der Waals surface area contributed by atoms with Crippen molar-refractivity contribution in [1.82, 2.24) is 24.3 Å². The Bertz CT molecular complexity index is 2030. The van der Waals surface area contributed by atoms with Crippen molar-refractivity contribution in [2.24, 2.45) is 7.05 Å². The second-order valence-corrected chi connectivity index (χ2v) is 11.7. The molecule has 0 aliphatic rings. The number of pyridine rings is 1. The number of nitrogens with one attached hydrogen (secondary N) is 4. The number of nitrogens with zero attached hydrogens (tertiary/aromatic N) is 5. The molecule has 0 radical (unpaired) electrons. The molecule has 4 N–H and O–H groups in total. The minimum absolute atomic E-state index is 0.119. The highest BCUT2D eigenvalue weighted by molar-refractivity contribution is 6.00. The molecule has 5 rings (SSSR count). The standard InChI is InChI=1S/C32H34FN9O3/c1-17-11-24(33)25(14-22(17)23-12-19-16-35-30(34-6)39-28(19)41(7)29(23)44)37-31(45)38-27-15-26(32(3,4)5)40-42(27)21-10-8-9-20(13-21)36-18(2)43/h8-16H,1-7H3,(H,36,43)(H,34,35,39)(H2,37,38,45). The van der Waals surface area contributed by atoms with Crippen LogP contribution in [0.4, 0.5) is 32.3 Å². The van der Waals surface area contributed by atoms with Gasteiger partial charge in [0.2, 0.25) is 11.9 Å². The molecule has 3 aromatic heterocycles. The maximum atomic E-state index is 15.2. The average Bonchev–Trinajstić information content (AvgIpc) is 3.40. The molecule has 0 saturated heterocycles. The second-order valence-electron chi connectivity index (χ2n) is 11.7. The zero-order chi connectivity index (χ0) is 32.6. The first kappa shape index (κ1) is 30.9. The summed E-state index contributed by atoms with van der Waals surface area (Å²) in [5.74, 6) is -0.192. The van der Waals surface area contributed by atoms with Crippen molar-refractivity contribution in [2.75, 3.05) is 28.3 Å². The van der Waals surface area contributed by atoms with Gasteiger partial charge in [-0.1, -0.05) is 26.8 Å². The Hall–Kier alpha value is -5.59. The number of rotatable bonds is 6. The van der Waals surface area contributed by atoms with Crippen LogP contribution in [0.25, 0.3) is 27.8 Å². The number of aromatic nitrogens is 5. The molecule has 13 heteroatoms. The van der Waals surface area contributed by atoms with Crippen LogP contribution >= 0.6 is 0 Å². The molecular weight excluding hydrogens is 577 g/mol. The zero-order valence-corrected chi connectivity index (χ0v) is 26.0. The number of hydrogen-bond acceptors (Lipinski definition) is 7. The predicted octanol–water partition coefficient (Wildman–Crippen LogP) is 5.57. The van der Waals surface area contributed by atoms with Gasteiger partial charge in [0.25, 0.3) is 5.56 Å². The van der Waals surface area contributed by atoms with Gasteiger partial charge < -0.3 is 16.0 Å².